The van der Waals surface area contributed by atoms with E-state index in [-0.39, 0.29) is 5.54 Å². The van der Waals surface area contributed by atoms with Crippen molar-refractivity contribution in [1.29, 1.82) is 0 Å². The highest BCUT2D eigenvalue weighted by molar-refractivity contribution is 5.45. The first kappa shape index (κ1) is 15.6. The van der Waals surface area contributed by atoms with Gasteiger partial charge in [-0.1, -0.05) is 30.3 Å². The van der Waals surface area contributed by atoms with Crippen molar-refractivity contribution < 1.29 is 8.78 Å². The molecule has 0 aromatic heterocycles. The molecule has 1 N–H and O–H groups in total. The number of piperidine rings is 2. The van der Waals surface area contributed by atoms with Crippen molar-refractivity contribution in [1.82, 2.24) is 4.90 Å². The van der Waals surface area contributed by atoms with Crippen molar-refractivity contribution >= 4 is 5.69 Å². The van der Waals surface area contributed by atoms with E-state index in [2.05, 4.69) is 34.5 Å². The van der Waals surface area contributed by atoms with Gasteiger partial charge in [0.1, 0.15) is 11.6 Å². The zero-order valence-corrected chi connectivity index (χ0v) is 13.6. The van der Waals surface area contributed by atoms with Crippen LogP contribution in [0.1, 0.15) is 24.8 Å². The number of nitrogens with zero attached hydrogens (tertiary/aromatic N) is 1. The van der Waals surface area contributed by atoms with Gasteiger partial charge in [-0.2, -0.15) is 0 Å². The molecule has 5 rings (SSSR count). The molecule has 2 saturated heterocycles. The normalized spacial score (nSPS) is 26.0. The zero-order valence-electron chi connectivity index (χ0n) is 13.6. The second-order valence-corrected chi connectivity index (χ2v) is 7.17. The van der Waals surface area contributed by atoms with Crippen LogP contribution in [0.25, 0.3) is 0 Å². The summed E-state index contributed by atoms with van der Waals surface area (Å²) in [6, 6.07) is 14.2. The van der Waals surface area contributed by atoms with Crippen molar-refractivity contribution in [3.63, 3.8) is 0 Å². The van der Waals surface area contributed by atoms with Gasteiger partial charge in [0, 0.05) is 24.7 Å². The molecule has 0 amide bonds. The van der Waals surface area contributed by atoms with E-state index in [9.17, 15) is 8.78 Å². The van der Waals surface area contributed by atoms with E-state index < -0.39 is 11.6 Å². The maximum absolute atomic E-state index is 13.9. The van der Waals surface area contributed by atoms with Crippen LogP contribution in [-0.4, -0.2) is 23.5 Å². The highest BCUT2D eigenvalue weighted by Gasteiger charge is 2.51. The van der Waals surface area contributed by atoms with Gasteiger partial charge in [0.15, 0.2) is 0 Å². The zero-order chi connectivity index (χ0) is 16.6. The minimum absolute atomic E-state index is 0.0968. The van der Waals surface area contributed by atoms with Gasteiger partial charge in [-0.05, 0) is 49.4 Å². The lowest BCUT2D eigenvalue weighted by molar-refractivity contribution is -0.0734. The average Bonchev–Trinajstić information content (AvgIpc) is 2.55. The van der Waals surface area contributed by atoms with E-state index >= 15 is 0 Å². The molecule has 3 aliphatic rings. The first-order valence-electron chi connectivity index (χ1n) is 8.63. The summed E-state index contributed by atoms with van der Waals surface area (Å²) in [5.74, 6) is -0.257. The smallest absolute Gasteiger partial charge is 0.149 e. The predicted octanol–water partition coefficient (Wildman–Crippen LogP) is 4.43. The lowest BCUT2D eigenvalue weighted by Crippen LogP contribution is -2.65. The quantitative estimate of drug-likeness (QED) is 0.873. The summed E-state index contributed by atoms with van der Waals surface area (Å²) in [4.78, 5) is 2.54. The number of rotatable bonds is 5. The lowest BCUT2D eigenvalue weighted by Gasteiger charge is -2.59. The highest BCUT2D eigenvalue weighted by atomic mass is 19.1. The monoisotopic (exact) mass is 328 g/mol. The molecule has 4 heteroatoms. The molecule has 1 aliphatic carbocycles. The molecule has 2 nitrogen and oxygen atoms in total. The molecular formula is C20H22F2N2. The summed E-state index contributed by atoms with van der Waals surface area (Å²) in [6.45, 7) is 2.73. The van der Waals surface area contributed by atoms with Gasteiger partial charge in [0.05, 0.1) is 5.69 Å². The van der Waals surface area contributed by atoms with Gasteiger partial charge in [-0.25, -0.2) is 8.78 Å². The Labute approximate surface area is 141 Å². The molecule has 1 saturated carbocycles. The molecule has 126 valence electrons. The van der Waals surface area contributed by atoms with Gasteiger partial charge < -0.3 is 5.32 Å². The van der Waals surface area contributed by atoms with Crippen LogP contribution < -0.4 is 5.32 Å². The molecule has 24 heavy (non-hydrogen) atoms. The van der Waals surface area contributed by atoms with Crippen LogP contribution in [-0.2, 0) is 6.54 Å². The number of benzene rings is 2. The first-order chi connectivity index (χ1) is 11.6. The Kier molecular flexibility index (Phi) is 4.01. The SMILES string of the molecule is Fc1ccc(NCC23CC(CCN2Cc2ccccc2)C3)c(F)c1. The van der Waals surface area contributed by atoms with Gasteiger partial charge in [0.25, 0.3) is 0 Å². The predicted molar refractivity (Wildman–Crippen MR) is 91.8 cm³/mol. The number of hydrogen-bond donors (Lipinski definition) is 1. The summed E-state index contributed by atoms with van der Waals surface area (Å²) in [5, 5.41) is 3.22. The van der Waals surface area contributed by atoms with Crippen LogP contribution >= 0.6 is 0 Å². The number of nitrogens with one attached hydrogen (secondary N) is 1. The second-order valence-electron chi connectivity index (χ2n) is 7.17. The third-order valence-corrected chi connectivity index (χ3v) is 5.57. The topological polar surface area (TPSA) is 15.3 Å². The molecule has 3 fully saturated rings. The average molecular weight is 328 g/mol. The van der Waals surface area contributed by atoms with E-state index in [0.29, 0.717) is 12.2 Å². The van der Waals surface area contributed by atoms with Crippen LogP contribution in [0.3, 0.4) is 0 Å². The van der Waals surface area contributed by atoms with Crippen molar-refractivity contribution in [2.75, 3.05) is 18.4 Å². The number of fused-ring (bicyclic) bond motifs is 2. The summed E-state index contributed by atoms with van der Waals surface area (Å²) in [5.41, 5.74) is 1.80. The molecular weight excluding hydrogens is 306 g/mol. The fourth-order valence-electron chi connectivity index (χ4n) is 4.25. The fraction of sp³-hybridized carbons (Fsp3) is 0.400. The number of halogens is 2. The third kappa shape index (κ3) is 2.91. The second kappa shape index (κ2) is 6.17. The maximum Gasteiger partial charge on any atom is 0.149 e. The summed E-state index contributed by atoms with van der Waals surface area (Å²) in [7, 11) is 0. The molecule has 2 aromatic rings. The third-order valence-electron chi connectivity index (χ3n) is 5.57. The van der Waals surface area contributed by atoms with Crippen LogP contribution in [0.5, 0.6) is 0 Å². The maximum atomic E-state index is 13.9. The minimum atomic E-state index is -0.539. The number of hydrogen-bond acceptors (Lipinski definition) is 2. The molecule has 0 atom stereocenters. The summed E-state index contributed by atoms with van der Waals surface area (Å²) < 4.78 is 26.9. The Morgan fingerprint density at radius 2 is 1.88 bits per heavy atom. The van der Waals surface area contributed by atoms with Crippen LogP contribution in [0.4, 0.5) is 14.5 Å². The van der Waals surface area contributed by atoms with Crippen molar-refractivity contribution in [3.05, 3.63) is 65.7 Å². The van der Waals surface area contributed by atoms with Gasteiger partial charge in [-0.3, -0.25) is 4.90 Å². The Hall–Kier alpha value is -1.94. The molecule has 2 aromatic carbocycles. The first-order valence-corrected chi connectivity index (χ1v) is 8.63. The Bertz CT molecular complexity index is 711. The Morgan fingerprint density at radius 1 is 1.08 bits per heavy atom. The number of anilines is 1. The molecule has 2 heterocycles. The van der Waals surface area contributed by atoms with E-state index in [0.717, 1.165) is 37.9 Å². The largest absolute Gasteiger partial charge is 0.381 e. The molecule has 2 aliphatic heterocycles. The van der Waals surface area contributed by atoms with E-state index in [1.54, 1.807) is 0 Å². The molecule has 0 radical (unpaired) electrons. The van der Waals surface area contributed by atoms with Gasteiger partial charge in [-0.15, -0.1) is 0 Å². The van der Waals surface area contributed by atoms with Crippen LogP contribution in [0.15, 0.2) is 48.5 Å². The lowest BCUT2D eigenvalue weighted by atomic mass is 9.62. The molecule has 2 bridgehead atoms. The van der Waals surface area contributed by atoms with Crippen LogP contribution in [0.2, 0.25) is 0 Å². The highest BCUT2D eigenvalue weighted by Crippen LogP contribution is 2.49. The van der Waals surface area contributed by atoms with Crippen LogP contribution in [0, 0.1) is 17.6 Å². The Morgan fingerprint density at radius 3 is 2.62 bits per heavy atom. The standard InChI is InChI=1S/C20H22F2N2/c21-17-6-7-19(18(22)10-17)23-14-20-11-16(12-20)8-9-24(20)13-15-4-2-1-3-5-15/h1-7,10,16,23H,8-9,11-14H2. The van der Waals surface area contributed by atoms with Crippen molar-refractivity contribution in [2.45, 2.75) is 31.3 Å². The van der Waals surface area contributed by atoms with Gasteiger partial charge in [0.2, 0.25) is 0 Å². The van der Waals surface area contributed by atoms with Gasteiger partial charge >= 0.3 is 0 Å². The van der Waals surface area contributed by atoms with E-state index in [1.807, 2.05) is 6.07 Å². The Balaban J connectivity index is 1.47. The van der Waals surface area contributed by atoms with E-state index in [4.69, 9.17) is 0 Å². The molecule has 0 unspecified atom stereocenters. The molecule has 0 spiro atoms. The summed E-state index contributed by atoms with van der Waals surface area (Å²) in [6.07, 6.45) is 3.57. The minimum Gasteiger partial charge on any atom is -0.381 e. The van der Waals surface area contributed by atoms with E-state index in [1.165, 1.54) is 24.1 Å². The van der Waals surface area contributed by atoms with Crippen molar-refractivity contribution in [2.24, 2.45) is 5.92 Å². The fourth-order valence-corrected chi connectivity index (χ4v) is 4.25. The van der Waals surface area contributed by atoms with Crippen molar-refractivity contribution in [3.8, 4) is 0 Å². The summed E-state index contributed by atoms with van der Waals surface area (Å²) >= 11 is 0.